The Hall–Kier alpha value is -3.87. The third-order valence-electron chi connectivity index (χ3n) is 4.19. The van der Waals surface area contributed by atoms with Gasteiger partial charge >= 0.3 is 0 Å². The van der Waals surface area contributed by atoms with Crippen LogP contribution in [0.25, 0.3) is 11.0 Å². The standard InChI is InChI=1S/C21H19N5O2/c1-14(27)24-21-25-18-9-7-16(28-17-8-10-20(22)23-12-17)11-19(18)26(21)13-15-5-3-2-4-6-15/h2-12H,13H2,1H3,(H2,22,23)(H,24,25,27). The molecule has 2 aromatic heterocycles. The number of nitrogens with zero attached hydrogens (tertiary/aromatic N) is 3. The molecule has 0 aliphatic heterocycles. The summed E-state index contributed by atoms with van der Waals surface area (Å²) in [5, 5.41) is 2.81. The van der Waals surface area contributed by atoms with Gasteiger partial charge in [0, 0.05) is 13.0 Å². The monoisotopic (exact) mass is 373 g/mol. The fourth-order valence-electron chi connectivity index (χ4n) is 2.93. The quantitative estimate of drug-likeness (QED) is 0.555. The average Bonchev–Trinajstić information content (AvgIpc) is 3.00. The van der Waals surface area contributed by atoms with Crippen LogP contribution < -0.4 is 15.8 Å². The summed E-state index contributed by atoms with van der Waals surface area (Å²) in [6.07, 6.45) is 1.57. The minimum atomic E-state index is -0.172. The van der Waals surface area contributed by atoms with Crippen molar-refractivity contribution >= 4 is 28.7 Å². The number of nitrogens with one attached hydrogen (secondary N) is 1. The van der Waals surface area contributed by atoms with Gasteiger partial charge in [-0.25, -0.2) is 9.97 Å². The molecular formula is C21H19N5O2. The second kappa shape index (κ2) is 7.40. The number of fused-ring (bicyclic) bond motifs is 1. The molecule has 28 heavy (non-hydrogen) atoms. The van der Waals surface area contributed by atoms with E-state index in [0.717, 1.165) is 16.6 Å². The predicted molar refractivity (Wildman–Crippen MR) is 108 cm³/mol. The molecule has 4 aromatic rings. The summed E-state index contributed by atoms with van der Waals surface area (Å²) < 4.78 is 7.85. The van der Waals surface area contributed by atoms with E-state index in [1.54, 1.807) is 18.3 Å². The Morgan fingerprint density at radius 1 is 1.11 bits per heavy atom. The second-order valence-corrected chi connectivity index (χ2v) is 6.36. The van der Waals surface area contributed by atoms with Crippen molar-refractivity contribution in [1.29, 1.82) is 0 Å². The van der Waals surface area contributed by atoms with Gasteiger partial charge in [0.25, 0.3) is 0 Å². The molecule has 0 saturated heterocycles. The van der Waals surface area contributed by atoms with Crippen LogP contribution >= 0.6 is 0 Å². The molecule has 0 fully saturated rings. The molecule has 4 rings (SSSR count). The number of hydrogen-bond donors (Lipinski definition) is 2. The maximum absolute atomic E-state index is 11.6. The summed E-state index contributed by atoms with van der Waals surface area (Å²) in [5.41, 5.74) is 8.34. The van der Waals surface area contributed by atoms with E-state index in [2.05, 4.69) is 15.3 Å². The van der Waals surface area contributed by atoms with Gasteiger partial charge in [0.1, 0.15) is 17.3 Å². The Balaban J connectivity index is 1.74. The SMILES string of the molecule is CC(=O)Nc1nc2ccc(Oc3ccc(N)nc3)cc2n1Cc1ccccc1. The molecule has 1 amide bonds. The van der Waals surface area contributed by atoms with E-state index in [-0.39, 0.29) is 5.91 Å². The van der Waals surface area contributed by atoms with Crippen LogP contribution in [0.1, 0.15) is 12.5 Å². The molecule has 0 atom stereocenters. The summed E-state index contributed by atoms with van der Waals surface area (Å²) in [5.74, 6) is 1.99. The first-order valence-electron chi connectivity index (χ1n) is 8.80. The lowest BCUT2D eigenvalue weighted by molar-refractivity contribution is -0.114. The van der Waals surface area contributed by atoms with Gasteiger partial charge in [-0.3, -0.25) is 10.1 Å². The van der Waals surface area contributed by atoms with Crippen LogP contribution in [-0.2, 0) is 11.3 Å². The molecule has 7 nitrogen and oxygen atoms in total. The number of ether oxygens (including phenoxy) is 1. The smallest absolute Gasteiger partial charge is 0.223 e. The zero-order chi connectivity index (χ0) is 19.5. The number of nitrogens with two attached hydrogens (primary N) is 1. The van der Waals surface area contributed by atoms with E-state index in [0.29, 0.717) is 29.8 Å². The van der Waals surface area contributed by atoms with Crippen LogP contribution in [-0.4, -0.2) is 20.4 Å². The first-order valence-corrected chi connectivity index (χ1v) is 8.80. The normalized spacial score (nSPS) is 10.8. The van der Waals surface area contributed by atoms with Crippen LogP contribution in [0, 0.1) is 0 Å². The summed E-state index contributed by atoms with van der Waals surface area (Å²) in [7, 11) is 0. The van der Waals surface area contributed by atoms with Gasteiger partial charge in [0.15, 0.2) is 0 Å². The van der Waals surface area contributed by atoms with Gasteiger partial charge in [-0.15, -0.1) is 0 Å². The number of benzene rings is 2. The largest absolute Gasteiger partial charge is 0.456 e. The number of amides is 1. The summed E-state index contributed by atoms with van der Waals surface area (Å²) in [6, 6.07) is 19.0. The number of carbonyl (C=O) groups excluding carboxylic acids is 1. The first kappa shape index (κ1) is 17.5. The van der Waals surface area contributed by atoms with Gasteiger partial charge in [0.05, 0.1) is 23.8 Å². The number of nitrogen functional groups attached to an aromatic ring is 1. The number of hydrogen-bond acceptors (Lipinski definition) is 5. The van der Waals surface area contributed by atoms with Crippen LogP contribution in [0.2, 0.25) is 0 Å². The van der Waals surface area contributed by atoms with E-state index in [1.165, 1.54) is 6.92 Å². The third-order valence-corrected chi connectivity index (χ3v) is 4.19. The Morgan fingerprint density at radius 3 is 2.61 bits per heavy atom. The maximum Gasteiger partial charge on any atom is 0.223 e. The van der Waals surface area contributed by atoms with Crippen LogP contribution in [0.4, 0.5) is 11.8 Å². The van der Waals surface area contributed by atoms with Crippen LogP contribution in [0.15, 0.2) is 66.9 Å². The van der Waals surface area contributed by atoms with Crippen molar-refractivity contribution in [3.63, 3.8) is 0 Å². The highest BCUT2D eigenvalue weighted by Gasteiger charge is 2.13. The molecule has 0 spiro atoms. The van der Waals surface area contributed by atoms with Crippen molar-refractivity contribution < 1.29 is 9.53 Å². The molecular weight excluding hydrogens is 354 g/mol. The molecule has 0 saturated carbocycles. The zero-order valence-corrected chi connectivity index (χ0v) is 15.3. The van der Waals surface area contributed by atoms with Gasteiger partial charge in [0.2, 0.25) is 11.9 Å². The Kier molecular flexibility index (Phi) is 4.63. The number of anilines is 2. The first-order chi connectivity index (χ1) is 13.6. The third kappa shape index (κ3) is 3.78. The molecule has 0 radical (unpaired) electrons. The molecule has 7 heteroatoms. The Bertz CT molecular complexity index is 1120. The number of pyridine rings is 1. The number of imidazole rings is 1. The van der Waals surface area contributed by atoms with E-state index in [4.69, 9.17) is 10.5 Å². The number of rotatable bonds is 5. The van der Waals surface area contributed by atoms with Gasteiger partial charge in [-0.05, 0) is 29.8 Å². The van der Waals surface area contributed by atoms with Gasteiger partial charge in [-0.2, -0.15) is 0 Å². The summed E-state index contributed by atoms with van der Waals surface area (Å²) in [6.45, 7) is 2.04. The maximum atomic E-state index is 11.6. The van der Waals surface area contributed by atoms with Crippen LogP contribution in [0.3, 0.4) is 0 Å². The minimum absolute atomic E-state index is 0.172. The molecule has 0 unspecified atom stereocenters. The van der Waals surface area contributed by atoms with E-state index in [9.17, 15) is 4.79 Å². The highest BCUT2D eigenvalue weighted by Crippen LogP contribution is 2.28. The van der Waals surface area contributed by atoms with Crippen molar-refractivity contribution in [3.8, 4) is 11.5 Å². The average molecular weight is 373 g/mol. The summed E-state index contributed by atoms with van der Waals surface area (Å²) in [4.78, 5) is 20.2. The lowest BCUT2D eigenvalue weighted by atomic mass is 10.2. The minimum Gasteiger partial charge on any atom is -0.456 e. The lowest BCUT2D eigenvalue weighted by Gasteiger charge is -2.10. The predicted octanol–water partition coefficient (Wildman–Crippen LogP) is 3.81. The Labute approximate surface area is 161 Å². The van der Waals surface area contributed by atoms with Gasteiger partial charge in [-0.1, -0.05) is 30.3 Å². The fraction of sp³-hybridized carbons (Fsp3) is 0.0952. The molecule has 0 aliphatic carbocycles. The van der Waals surface area contributed by atoms with Crippen molar-refractivity contribution in [2.45, 2.75) is 13.5 Å². The highest BCUT2D eigenvalue weighted by atomic mass is 16.5. The summed E-state index contributed by atoms with van der Waals surface area (Å²) >= 11 is 0. The zero-order valence-electron chi connectivity index (χ0n) is 15.3. The van der Waals surface area contributed by atoms with E-state index < -0.39 is 0 Å². The molecule has 140 valence electrons. The highest BCUT2D eigenvalue weighted by molar-refractivity contribution is 5.90. The van der Waals surface area contributed by atoms with Crippen molar-refractivity contribution in [3.05, 3.63) is 72.4 Å². The topological polar surface area (TPSA) is 95.1 Å². The van der Waals surface area contributed by atoms with Gasteiger partial charge < -0.3 is 15.0 Å². The molecule has 0 aliphatic rings. The van der Waals surface area contributed by atoms with Crippen molar-refractivity contribution in [2.75, 3.05) is 11.1 Å². The molecule has 2 aromatic carbocycles. The number of aromatic nitrogens is 3. The Morgan fingerprint density at radius 2 is 1.89 bits per heavy atom. The van der Waals surface area contributed by atoms with E-state index >= 15 is 0 Å². The molecule has 0 bridgehead atoms. The number of carbonyl (C=O) groups is 1. The van der Waals surface area contributed by atoms with Crippen LogP contribution in [0.5, 0.6) is 11.5 Å². The molecule has 3 N–H and O–H groups in total. The lowest BCUT2D eigenvalue weighted by Crippen LogP contribution is -2.12. The van der Waals surface area contributed by atoms with E-state index in [1.807, 2.05) is 53.1 Å². The van der Waals surface area contributed by atoms with Crippen molar-refractivity contribution in [2.24, 2.45) is 0 Å². The van der Waals surface area contributed by atoms with Crippen molar-refractivity contribution in [1.82, 2.24) is 14.5 Å². The fourth-order valence-corrected chi connectivity index (χ4v) is 2.93. The molecule has 2 heterocycles. The second-order valence-electron chi connectivity index (χ2n) is 6.36.